The third-order valence-electron chi connectivity index (χ3n) is 2.14. The molecule has 0 unspecified atom stereocenters. The Balaban J connectivity index is 3.18. The van der Waals surface area contributed by atoms with Crippen molar-refractivity contribution in [1.29, 1.82) is 0 Å². The van der Waals surface area contributed by atoms with Gasteiger partial charge in [0, 0.05) is 6.42 Å². The summed E-state index contributed by atoms with van der Waals surface area (Å²) in [5.74, 6) is 0.246. The lowest BCUT2D eigenvalue weighted by molar-refractivity contribution is -0.125. The molecule has 0 aliphatic rings. The quantitative estimate of drug-likeness (QED) is 0.534. The average molecular weight is 200 g/mol. The zero-order valence-corrected chi connectivity index (χ0v) is 9.84. The van der Waals surface area contributed by atoms with E-state index in [1.165, 1.54) is 25.7 Å². The van der Waals surface area contributed by atoms with Crippen LogP contribution in [0.4, 0.5) is 0 Å². The molecule has 0 N–H and O–H groups in total. The third kappa shape index (κ3) is 9.72. The molecule has 0 aromatic rings. The Morgan fingerprint density at radius 3 is 2.36 bits per heavy atom. The summed E-state index contributed by atoms with van der Waals surface area (Å²) < 4.78 is 5.23. The van der Waals surface area contributed by atoms with Gasteiger partial charge in [-0.15, -0.1) is 0 Å². The SMILES string of the molecule is CCCCCCCC(=O)COC(C)C. The van der Waals surface area contributed by atoms with Crippen molar-refractivity contribution < 1.29 is 9.53 Å². The summed E-state index contributed by atoms with van der Waals surface area (Å²) in [6.07, 6.45) is 6.87. The number of Topliss-reactive ketones (excluding diaryl/α,β-unsaturated/α-hetero) is 1. The van der Waals surface area contributed by atoms with Crippen LogP contribution in [0.25, 0.3) is 0 Å². The van der Waals surface area contributed by atoms with Crippen LogP contribution < -0.4 is 0 Å². The van der Waals surface area contributed by atoms with Crippen molar-refractivity contribution in [3.8, 4) is 0 Å². The van der Waals surface area contributed by atoms with Gasteiger partial charge < -0.3 is 4.74 Å². The Hall–Kier alpha value is -0.370. The highest BCUT2D eigenvalue weighted by atomic mass is 16.5. The molecule has 0 atom stereocenters. The largest absolute Gasteiger partial charge is 0.371 e. The van der Waals surface area contributed by atoms with Gasteiger partial charge in [0.05, 0.1) is 6.10 Å². The van der Waals surface area contributed by atoms with E-state index in [4.69, 9.17) is 4.74 Å². The van der Waals surface area contributed by atoms with E-state index in [-0.39, 0.29) is 11.9 Å². The average Bonchev–Trinajstić information content (AvgIpc) is 2.14. The molecule has 0 aliphatic heterocycles. The van der Waals surface area contributed by atoms with E-state index in [1.807, 2.05) is 13.8 Å². The van der Waals surface area contributed by atoms with Gasteiger partial charge >= 0.3 is 0 Å². The van der Waals surface area contributed by atoms with Gasteiger partial charge in [0.1, 0.15) is 6.61 Å². The van der Waals surface area contributed by atoms with Crippen LogP contribution in [0.5, 0.6) is 0 Å². The van der Waals surface area contributed by atoms with E-state index in [0.29, 0.717) is 13.0 Å². The van der Waals surface area contributed by atoms with Crippen molar-refractivity contribution in [2.75, 3.05) is 6.61 Å². The second-order valence-electron chi connectivity index (χ2n) is 4.06. The van der Waals surface area contributed by atoms with Crippen molar-refractivity contribution >= 4 is 5.78 Å². The maximum Gasteiger partial charge on any atom is 0.158 e. The van der Waals surface area contributed by atoms with Crippen LogP contribution in [0.15, 0.2) is 0 Å². The van der Waals surface area contributed by atoms with Gasteiger partial charge in [-0.1, -0.05) is 32.6 Å². The number of carbonyl (C=O) groups is 1. The fourth-order valence-electron chi connectivity index (χ4n) is 1.26. The van der Waals surface area contributed by atoms with Gasteiger partial charge in [-0.25, -0.2) is 0 Å². The second kappa shape index (κ2) is 9.20. The molecule has 0 amide bonds. The molecule has 0 saturated heterocycles. The van der Waals surface area contributed by atoms with Gasteiger partial charge in [0.15, 0.2) is 5.78 Å². The molecular formula is C12H24O2. The standard InChI is InChI=1S/C12H24O2/c1-4-5-6-7-8-9-12(13)10-14-11(2)3/h11H,4-10H2,1-3H3. The molecule has 0 bridgehead atoms. The normalized spacial score (nSPS) is 10.9. The van der Waals surface area contributed by atoms with Crippen molar-refractivity contribution in [1.82, 2.24) is 0 Å². The van der Waals surface area contributed by atoms with Gasteiger partial charge in [-0.3, -0.25) is 4.79 Å². The first kappa shape index (κ1) is 13.6. The molecule has 0 aromatic carbocycles. The first-order valence-corrected chi connectivity index (χ1v) is 5.80. The molecule has 0 rings (SSSR count). The predicted octanol–water partition coefficient (Wildman–Crippen LogP) is 3.34. The number of hydrogen-bond donors (Lipinski definition) is 0. The number of rotatable bonds is 9. The maximum absolute atomic E-state index is 11.3. The van der Waals surface area contributed by atoms with Crippen LogP contribution in [-0.2, 0) is 9.53 Å². The Kier molecular flexibility index (Phi) is 8.95. The smallest absolute Gasteiger partial charge is 0.158 e. The molecule has 14 heavy (non-hydrogen) atoms. The van der Waals surface area contributed by atoms with Crippen molar-refractivity contribution in [2.24, 2.45) is 0 Å². The third-order valence-corrected chi connectivity index (χ3v) is 2.14. The lowest BCUT2D eigenvalue weighted by Crippen LogP contribution is -2.12. The fraction of sp³-hybridized carbons (Fsp3) is 0.917. The molecule has 0 aliphatic carbocycles. The predicted molar refractivity (Wildman–Crippen MR) is 59.5 cm³/mol. The molecule has 0 saturated carbocycles. The Morgan fingerprint density at radius 1 is 1.14 bits per heavy atom. The van der Waals surface area contributed by atoms with Gasteiger partial charge in [0.2, 0.25) is 0 Å². The van der Waals surface area contributed by atoms with Crippen molar-refractivity contribution in [3.63, 3.8) is 0 Å². The molecule has 0 fully saturated rings. The van der Waals surface area contributed by atoms with Gasteiger partial charge in [-0.05, 0) is 20.3 Å². The molecule has 2 nitrogen and oxygen atoms in total. The highest BCUT2D eigenvalue weighted by molar-refractivity contribution is 5.79. The first-order chi connectivity index (χ1) is 6.66. The Bertz CT molecular complexity index is 141. The molecule has 84 valence electrons. The van der Waals surface area contributed by atoms with E-state index in [2.05, 4.69) is 6.92 Å². The zero-order chi connectivity index (χ0) is 10.8. The minimum atomic E-state index is 0.166. The summed E-state index contributed by atoms with van der Waals surface area (Å²) in [6.45, 7) is 6.40. The second-order valence-corrected chi connectivity index (χ2v) is 4.06. The van der Waals surface area contributed by atoms with E-state index >= 15 is 0 Å². The minimum Gasteiger partial charge on any atom is -0.371 e. The summed E-state index contributed by atoms with van der Waals surface area (Å²) in [5, 5.41) is 0. The van der Waals surface area contributed by atoms with Crippen molar-refractivity contribution in [3.05, 3.63) is 0 Å². The Labute approximate surface area is 88.0 Å². The summed E-state index contributed by atoms with van der Waals surface area (Å²) >= 11 is 0. The van der Waals surface area contributed by atoms with Crippen LogP contribution in [0, 0.1) is 0 Å². The van der Waals surface area contributed by atoms with E-state index in [0.717, 1.165) is 6.42 Å². The maximum atomic E-state index is 11.3. The molecule has 0 radical (unpaired) electrons. The number of unbranched alkanes of at least 4 members (excludes halogenated alkanes) is 4. The van der Waals surface area contributed by atoms with E-state index < -0.39 is 0 Å². The highest BCUT2D eigenvalue weighted by Gasteiger charge is 2.02. The minimum absolute atomic E-state index is 0.166. The molecular weight excluding hydrogens is 176 g/mol. The number of ether oxygens (including phenoxy) is 1. The number of hydrogen-bond acceptors (Lipinski definition) is 2. The lowest BCUT2D eigenvalue weighted by Gasteiger charge is -2.06. The van der Waals surface area contributed by atoms with E-state index in [1.54, 1.807) is 0 Å². The zero-order valence-electron chi connectivity index (χ0n) is 9.84. The molecule has 0 aromatic heterocycles. The lowest BCUT2D eigenvalue weighted by atomic mass is 10.1. The number of carbonyl (C=O) groups excluding carboxylic acids is 1. The monoisotopic (exact) mass is 200 g/mol. The first-order valence-electron chi connectivity index (χ1n) is 5.80. The highest BCUT2D eigenvalue weighted by Crippen LogP contribution is 2.05. The van der Waals surface area contributed by atoms with Crippen molar-refractivity contribution in [2.45, 2.75) is 65.4 Å². The fourth-order valence-corrected chi connectivity index (χ4v) is 1.26. The van der Waals surface area contributed by atoms with Crippen LogP contribution >= 0.6 is 0 Å². The van der Waals surface area contributed by atoms with Crippen LogP contribution in [0.3, 0.4) is 0 Å². The molecule has 2 heteroatoms. The summed E-state index contributed by atoms with van der Waals surface area (Å²) in [7, 11) is 0. The summed E-state index contributed by atoms with van der Waals surface area (Å²) in [5.41, 5.74) is 0. The van der Waals surface area contributed by atoms with Gasteiger partial charge in [-0.2, -0.15) is 0 Å². The van der Waals surface area contributed by atoms with E-state index in [9.17, 15) is 4.79 Å². The summed E-state index contributed by atoms with van der Waals surface area (Å²) in [6, 6.07) is 0. The molecule has 0 heterocycles. The number of ketones is 1. The van der Waals surface area contributed by atoms with Crippen LogP contribution in [-0.4, -0.2) is 18.5 Å². The summed E-state index contributed by atoms with van der Waals surface area (Å²) in [4.78, 5) is 11.3. The van der Waals surface area contributed by atoms with Gasteiger partial charge in [0.25, 0.3) is 0 Å². The Morgan fingerprint density at radius 2 is 1.79 bits per heavy atom. The molecule has 0 spiro atoms. The van der Waals surface area contributed by atoms with Crippen LogP contribution in [0.2, 0.25) is 0 Å². The topological polar surface area (TPSA) is 26.3 Å². The van der Waals surface area contributed by atoms with Crippen LogP contribution in [0.1, 0.15) is 59.3 Å².